The Morgan fingerprint density at radius 1 is 1.55 bits per heavy atom. The first-order valence-electron chi connectivity index (χ1n) is 3.18. The predicted molar refractivity (Wildman–Crippen MR) is 35.6 cm³/mol. The van der Waals surface area contributed by atoms with E-state index >= 15 is 0 Å². The molecule has 0 atom stereocenters. The van der Waals surface area contributed by atoms with E-state index in [1.54, 1.807) is 0 Å². The molecule has 0 unspecified atom stereocenters. The Hall–Kier alpha value is -0.330. The molecule has 0 heterocycles. The number of nitrogens with one attached hydrogen (secondary N) is 1. The minimum absolute atomic E-state index is 0.157. The third-order valence-electron chi connectivity index (χ3n) is 0.827. The van der Waals surface area contributed by atoms with Crippen LogP contribution in [0.4, 0.5) is 4.79 Å². The number of hydrogen-bond donors (Lipinski definition) is 2. The summed E-state index contributed by atoms with van der Waals surface area (Å²) in [7, 11) is 0. The van der Waals surface area contributed by atoms with Crippen molar-refractivity contribution in [3.05, 3.63) is 0 Å². The summed E-state index contributed by atoms with van der Waals surface area (Å²) >= 11 is -1.19. The van der Waals surface area contributed by atoms with Crippen molar-refractivity contribution in [2.45, 2.75) is 20.3 Å². The van der Waals surface area contributed by atoms with Crippen LogP contribution in [0.2, 0.25) is 0 Å². The number of amides is 1. The second kappa shape index (κ2) is 5.34. The molecule has 0 aliphatic carbocycles. The molecule has 0 bridgehead atoms. The summed E-state index contributed by atoms with van der Waals surface area (Å²) in [4.78, 5) is 20.8. The first kappa shape index (κ1) is 10.7. The van der Waals surface area contributed by atoms with Crippen LogP contribution in [0.25, 0.3) is 0 Å². The van der Waals surface area contributed by atoms with Crippen LogP contribution in [-0.4, -0.2) is 15.0 Å². The Labute approximate surface area is 76.0 Å². The third kappa shape index (κ3) is 7.57. The van der Waals surface area contributed by atoms with Gasteiger partial charge in [-0.05, 0) is 0 Å². The molecule has 4 nitrogen and oxygen atoms in total. The zero-order chi connectivity index (χ0) is 8.85. The molecule has 0 rings (SSSR count). The van der Waals surface area contributed by atoms with Crippen LogP contribution in [0.3, 0.4) is 0 Å². The zero-order valence-corrected chi connectivity index (χ0v) is 8.58. The molecule has 0 aromatic heterocycles. The molecule has 66 valence electrons. The van der Waals surface area contributed by atoms with E-state index in [0.29, 0.717) is 6.42 Å². The SMILES string of the molecule is CC(C)CC(=O)N[I-]C(=O)O. The van der Waals surface area contributed by atoms with Gasteiger partial charge in [-0.3, -0.25) is 0 Å². The molecule has 0 fully saturated rings. The summed E-state index contributed by atoms with van der Waals surface area (Å²) in [5, 5.41) is 8.23. The van der Waals surface area contributed by atoms with Gasteiger partial charge in [-0.1, -0.05) is 0 Å². The van der Waals surface area contributed by atoms with Crippen molar-refractivity contribution in [1.82, 2.24) is 3.53 Å². The van der Waals surface area contributed by atoms with Gasteiger partial charge in [0.05, 0.1) is 0 Å². The van der Waals surface area contributed by atoms with E-state index < -0.39 is 25.5 Å². The molecule has 1 amide bonds. The summed E-state index contributed by atoms with van der Waals surface area (Å²) in [6.07, 6.45) is 0.410. The molecule has 2 N–H and O–H groups in total. The fourth-order valence-corrected chi connectivity index (χ4v) is 1.25. The maximum absolute atomic E-state index is 10.8. The van der Waals surface area contributed by atoms with Crippen molar-refractivity contribution in [3.63, 3.8) is 0 Å². The number of carboxylic acid groups (broad SMARTS) is 1. The molecule has 0 aromatic rings. The van der Waals surface area contributed by atoms with E-state index in [-0.39, 0.29) is 11.8 Å². The van der Waals surface area contributed by atoms with Crippen LogP contribution in [0.15, 0.2) is 0 Å². The van der Waals surface area contributed by atoms with Crippen LogP contribution in [0.5, 0.6) is 0 Å². The summed E-state index contributed by atoms with van der Waals surface area (Å²) in [5.41, 5.74) is 0. The third-order valence-corrected chi connectivity index (χ3v) is 2.16. The molecule has 11 heavy (non-hydrogen) atoms. The Bertz CT molecular complexity index is 158. The summed E-state index contributed by atoms with van der Waals surface area (Å²) < 4.78 is 1.48. The van der Waals surface area contributed by atoms with Gasteiger partial charge in [-0.2, -0.15) is 0 Å². The molecule has 0 spiro atoms. The average molecular weight is 272 g/mol. The number of hydrogen-bond acceptors (Lipinski definition) is 2. The fourth-order valence-electron chi connectivity index (χ4n) is 0.502. The van der Waals surface area contributed by atoms with Gasteiger partial charge in [0.15, 0.2) is 0 Å². The van der Waals surface area contributed by atoms with E-state index in [0.717, 1.165) is 0 Å². The summed E-state index contributed by atoms with van der Waals surface area (Å²) in [6, 6.07) is 0. The number of carbonyl (C=O) groups excluding carboxylic acids is 1. The van der Waals surface area contributed by atoms with Crippen LogP contribution < -0.4 is 25.0 Å². The number of carbonyl (C=O) groups is 2. The van der Waals surface area contributed by atoms with Crippen LogP contribution in [0.1, 0.15) is 20.3 Å². The Balaban J connectivity index is 3.45. The van der Waals surface area contributed by atoms with Crippen molar-refractivity contribution >= 4 is 9.88 Å². The topological polar surface area (TPSA) is 66.4 Å². The van der Waals surface area contributed by atoms with Crippen LogP contribution in [0, 0.1) is 5.92 Å². The molecule has 0 radical (unpaired) electrons. The Kier molecular flexibility index (Phi) is 5.18. The van der Waals surface area contributed by atoms with E-state index in [1.165, 1.54) is 0 Å². The zero-order valence-electron chi connectivity index (χ0n) is 6.43. The second-order valence-electron chi connectivity index (χ2n) is 2.46. The van der Waals surface area contributed by atoms with Crippen molar-refractivity contribution in [2.75, 3.05) is 0 Å². The molecule has 0 aliphatic heterocycles. The van der Waals surface area contributed by atoms with Gasteiger partial charge >= 0.3 is 75.8 Å². The van der Waals surface area contributed by atoms with E-state index in [2.05, 4.69) is 3.53 Å². The van der Waals surface area contributed by atoms with Gasteiger partial charge in [0.1, 0.15) is 0 Å². The van der Waals surface area contributed by atoms with Gasteiger partial charge in [0.2, 0.25) is 0 Å². The number of rotatable bonds is 4. The Morgan fingerprint density at radius 2 is 2.09 bits per heavy atom. The maximum atomic E-state index is 10.8. The van der Waals surface area contributed by atoms with E-state index in [1.807, 2.05) is 13.8 Å². The van der Waals surface area contributed by atoms with E-state index in [9.17, 15) is 9.59 Å². The first-order valence-corrected chi connectivity index (χ1v) is 5.33. The first-order chi connectivity index (χ1) is 5.02. The molecule has 0 saturated heterocycles. The molecule has 5 heteroatoms. The van der Waals surface area contributed by atoms with Gasteiger partial charge in [-0.25, -0.2) is 0 Å². The molecule has 0 aliphatic rings. The van der Waals surface area contributed by atoms with Gasteiger partial charge in [-0.15, -0.1) is 0 Å². The minimum atomic E-state index is -1.19. The second-order valence-corrected chi connectivity index (χ2v) is 4.46. The van der Waals surface area contributed by atoms with Crippen molar-refractivity contribution in [2.24, 2.45) is 5.92 Å². The van der Waals surface area contributed by atoms with Crippen molar-refractivity contribution in [3.8, 4) is 0 Å². The fraction of sp³-hybridized carbons (Fsp3) is 0.667. The van der Waals surface area contributed by atoms with Gasteiger partial charge in [0, 0.05) is 0 Å². The van der Waals surface area contributed by atoms with Gasteiger partial charge < -0.3 is 0 Å². The summed E-state index contributed by atoms with van der Waals surface area (Å²) in [6.45, 7) is 3.83. The normalized spacial score (nSPS) is 10.1. The standard InChI is InChI=1S/C6H11INO3/c1-4(2)3-5(9)8-7-6(10)11/h4H,3H2,1-2H3,(H,8,9)(H,10,11)/q-1. The van der Waals surface area contributed by atoms with Crippen LogP contribution >= 0.6 is 0 Å². The van der Waals surface area contributed by atoms with E-state index in [4.69, 9.17) is 5.11 Å². The number of halogens is 1. The predicted octanol–water partition coefficient (Wildman–Crippen LogP) is -2.17. The van der Waals surface area contributed by atoms with Crippen LogP contribution in [-0.2, 0) is 4.79 Å². The van der Waals surface area contributed by atoms with Crippen molar-refractivity contribution in [1.29, 1.82) is 0 Å². The molecule has 0 saturated carbocycles. The molecular weight excluding hydrogens is 261 g/mol. The average Bonchev–Trinajstić information content (AvgIpc) is 1.82. The summed E-state index contributed by atoms with van der Waals surface area (Å²) in [5.74, 6) is 0.128. The van der Waals surface area contributed by atoms with Crippen molar-refractivity contribution < 1.29 is 36.2 Å². The monoisotopic (exact) mass is 272 g/mol. The molecular formula is C6H11INO3-. The quantitative estimate of drug-likeness (QED) is 0.348. The van der Waals surface area contributed by atoms with Gasteiger partial charge in [0.25, 0.3) is 0 Å². The molecule has 0 aromatic carbocycles. The Morgan fingerprint density at radius 3 is 2.45 bits per heavy atom.